The van der Waals surface area contributed by atoms with Gasteiger partial charge in [-0.2, -0.15) is 0 Å². The number of piperidine rings is 2. The monoisotopic (exact) mass is 890 g/mol. The van der Waals surface area contributed by atoms with Crippen LogP contribution in [0.5, 0.6) is 0 Å². The number of halogens is 2. The second kappa shape index (κ2) is 19.1. The van der Waals surface area contributed by atoms with E-state index in [1.807, 2.05) is 118 Å². The molecule has 0 saturated carbocycles. The summed E-state index contributed by atoms with van der Waals surface area (Å²) in [5.74, 6) is -0.184. The molecule has 2 fully saturated rings. The number of nitrogens with zero attached hydrogens (tertiary/aromatic N) is 8. The summed E-state index contributed by atoms with van der Waals surface area (Å²) >= 11 is 12.4. The molecule has 10 rings (SSSR count). The van der Waals surface area contributed by atoms with Crippen molar-refractivity contribution < 1.29 is 9.59 Å². The summed E-state index contributed by atoms with van der Waals surface area (Å²) in [4.78, 5) is 48.7. The first-order chi connectivity index (χ1) is 31.2. The first kappa shape index (κ1) is 42.8. The Morgan fingerprint density at radius 2 is 0.953 bits per heavy atom. The number of carbonyl (C=O) groups excluding carboxylic acids is 2. The molecule has 324 valence electrons. The minimum Gasteiger partial charge on any atom is -0.348 e. The van der Waals surface area contributed by atoms with Gasteiger partial charge in [0.25, 0.3) is 11.8 Å². The zero-order valence-electron chi connectivity index (χ0n) is 35.7. The number of imidazole rings is 2. The minimum atomic E-state index is -0.0922. The van der Waals surface area contributed by atoms with Crippen molar-refractivity contribution in [1.82, 2.24) is 49.2 Å². The van der Waals surface area contributed by atoms with E-state index in [1.54, 1.807) is 24.8 Å². The Bertz CT molecular complexity index is 2750. The molecular formula is C50H48Cl2N10O2. The first-order valence-electron chi connectivity index (χ1n) is 21.5. The van der Waals surface area contributed by atoms with E-state index in [-0.39, 0.29) is 23.9 Å². The van der Waals surface area contributed by atoms with E-state index in [1.165, 1.54) is 0 Å². The van der Waals surface area contributed by atoms with Gasteiger partial charge in [0.2, 0.25) is 0 Å². The van der Waals surface area contributed by atoms with Gasteiger partial charge in [0, 0.05) is 80.3 Å². The van der Waals surface area contributed by atoms with Crippen LogP contribution >= 0.6 is 23.2 Å². The molecule has 2 aliphatic heterocycles. The fourth-order valence-corrected chi connectivity index (χ4v) is 8.83. The van der Waals surface area contributed by atoms with Gasteiger partial charge in [-0.25, -0.2) is 9.97 Å². The van der Waals surface area contributed by atoms with E-state index in [0.717, 1.165) is 108 Å². The highest BCUT2D eigenvalue weighted by Crippen LogP contribution is 2.33. The van der Waals surface area contributed by atoms with E-state index in [0.29, 0.717) is 21.4 Å². The van der Waals surface area contributed by atoms with Gasteiger partial charge in [0.1, 0.15) is 22.7 Å². The van der Waals surface area contributed by atoms with Gasteiger partial charge >= 0.3 is 0 Å². The Hall–Kier alpha value is -6.44. The number of benzene rings is 2. The molecule has 0 radical (unpaired) electrons. The second-order valence-corrected chi connectivity index (χ2v) is 17.4. The predicted molar refractivity (Wildman–Crippen MR) is 254 cm³/mol. The van der Waals surface area contributed by atoms with Gasteiger partial charge in [0.05, 0.1) is 23.8 Å². The van der Waals surface area contributed by atoms with Crippen LogP contribution in [0.1, 0.15) is 46.7 Å². The van der Waals surface area contributed by atoms with Crippen LogP contribution in [0.2, 0.25) is 10.0 Å². The summed E-state index contributed by atoms with van der Waals surface area (Å²) in [6.07, 6.45) is 14.6. The van der Waals surface area contributed by atoms with Gasteiger partial charge in [-0.05, 0) is 127 Å². The lowest BCUT2D eigenvalue weighted by Gasteiger charge is -2.29. The van der Waals surface area contributed by atoms with Gasteiger partial charge in [-0.15, -0.1) is 0 Å². The third kappa shape index (κ3) is 9.56. The lowest BCUT2D eigenvalue weighted by molar-refractivity contribution is 0.0902. The van der Waals surface area contributed by atoms with Crippen LogP contribution < -0.4 is 10.6 Å². The molecule has 64 heavy (non-hydrogen) atoms. The maximum absolute atomic E-state index is 13.0. The smallest absolute Gasteiger partial charge is 0.270 e. The Labute approximate surface area is 381 Å². The Kier molecular flexibility index (Phi) is 12.8. The molecule has 2 aromatic carbocycles. The molecule has 2 amide bonds. The number of pyridine rings is 4. The van der Waals surface area contributed by atoms with E-state index in [9.17, 15) is 9.59 Å². The standard InChI is InChI=1S/2C25H24ClN5O/c2*1-30-12-9-20(10-13-30)29-25(32)22-15-28-23-8-7-18(16-31(22)23)21-6-3-11-27-24(21)17-4-2-5-19(26)14-17/h2*2-8,11,14-16,20H,9-10,12-13H2,1H3,(H,29,32). The average Bonchev–Trinajstić information content (AvgIpc) is 3.95. The maximum Gasteiger partial charge on any atom is 0.270 e. The minimum absolute atomic E-state index is 0.0922. The van der Waals surface area contributed by atoms with Crippen molar-refractivity contribution in [1.29, 1.82) is 0 Å². The Morgan fingerprint density at radius 1 is 0.531 bits per heavy atom. The largest absolute Gasteiger partial charge is 0.348 e. The van der Waals surface area contributed by atoms with Crippen molar-refractivity contribution in [3.05, 3.63) is 156 Å². The molecule has 6 aromatic heterocycles. The number of rotatable bonds is 8. The van der Waals surface area contributed by atoms with Gasteiger partial charge in [-0.1, -0.05) is 59.6 Å². The number of nitrogens with one attached hydrogen (secondary N) is 2. The van der Waals surface area contributed by atoms with Crippen LogP contribution in [0.3, 0.4) is 0 Å². The predicted octanol–water partition coefficient (Wildman–Crippen LogP) is 9.08. The molecule has 0 aliphatic carbocycles. The lowest BCUT2D eigenvalue weighted by atomic mass is 10.0. The molecule has 8 heterocycles. The SMILES string of the molecule is CN1CCC(NC(=O)c2cnc3ccc(-c4cccnc4-c4cccc(Cl)c4)cn23)CC1.CN1CCC(NC(=O)c2cnc3ccc(-c4cccnc4-c4cccc(Cl)c4)cn23)CC1. The Morgan fingerprint density at radius 3 is 1.36 bits per heavy atom. The van der Waals surface area contributed by atoms with Crippen molar-refractivity contribution in [2.45, 2.75) is 37.8 Å². The fourth-order valence-electron chi connectivity index (χ4n) is 8.45. The number of likely N-dealkylation sites (tertiary alicyclic amines) is 2. The second-order valence-electron chi connectivity index (χ2n) is 16.5. The van der Waals surface area contributed by atoms with E-state index >= 15 is 0 Å². The van der Waals surface area contributed by atoms with E-state index in [4.69, 9.17) is 23.2 Å². The number of amides is 2. The van der Waals surface area contributed by atoms with Crippen LogP contribution in [0, 0.1) is 0 Å². The molecule has 8 aromatic rings. The summed E-state index contributed by atoms with van der Waals surface area (Å²) in [5, 5.41) is 7.69. The number of fused-ring (bicyclic) bond motifs is 2. The van der Waals surface area contributed by atoms with Crippen molar-refractivity contribution in [3.63, 3.8) is 0 Å². The lowest BCUT2D eigenvalue weighted by Crippen LogP contribution is -2.43. The average molecular weight is 892 g/mol. The molecule has 0 spiro atoms. The number of aromatic nitrogens is 6. The van der Waals surface area contributed by atoms with Crippen molar-refractivity contribution >= 4 is 46.3 Å². The molecule has 0 atom stereocenters. The molecule has 0 bridgehead atoms. The highest BCUT2D eigenvalue weighted by atomic mass is 35.5. The topological polar surface area (TPSA) is 125 Å². The van der Waals surface area contributed by atoms with E-state index in [2.05, 4.69) is 54.5 Å². The van der Waals surface area contributed by atoms with Gasteiger partial charge in [-0.3, -0.25) is 28.4 Å². The Balaban J connectivity index is 0.000000162. The molecule has 0 unspecified atom stereocenters. The summed E-state index contributed by atoms with van der Waals surface area (Å²) in [5.41, 5.74) is 9.93. The van der Waals surface area contributed by atoms with Crippen LogP contribution in [0.25, 0.3) is 56.1 Å². The first-order valence-corrected chi connectivity index (χ1v) is 22.3. The summed E-state index contributed by atoms with van der Waals surface area (Å²) < 4.78 is 3.71. The summed E-state index contributed by atoms with van der Waals surface area (Å²) in [7, 11) is 4.22. The van der Waals surface area contributed by atoms with E-state index < -0.39 is 0 Å². The van der Waals surface area contributed by atoms with Gasteiger partial charge < -0.3 is 20.4 Å². The van der Waals surface area contributed by atoms with Gasteiger partial charge in [0.15, 0.2) is 0 Å². The zero-order chi connectivity index (χ0) is 44.2. The van der Waals surface area contributed by atoms with Crippen LogP contribution in [0.4, 0.5) is 0 Å². The molecular weight excluding hydrogens is 844 g/mol. The summed E-state index contributed by atoms with van der Waals surface area (Å²) in [6, 6.07) is 31.5. The maximum atomic E-state index is 13.0. The quantitative estimate of drug-likeness (QED) is 0.155. The summed E-state index contributed by atoms with van der Waals surface area (Å²) in [6.45, 7) is 3.98. The number of carbonyl (C=O) groups is 2. The highest BCUT2D eigenvalue weighted by molar-refractivity contribution is 6.31. The zero-order valence-corrected chi connectivity index (χ0v) is 37.2. The highest BCUT2D eigenvalue weighted by Gasteiger charge is 2.23. The molecule has 2 saturated heterocycles. The number of hydrogen-bond acceptors (Lipinski definition) is 8. The van der Waals surface area contributed by atoms with Crippen LogP contribution in [-0.2, 0) is 0 Å². The molecule has 14 heteroatoms. The molecule has 12 nitrogen and oxygen atoms in total. The normalized spacial score (nSPS) is 15.2. The third-order valence-electron chi connectivity index (χ3n) is 12.0. The van der Waals surface area contributed by atoms with Crippen molar-refractivity contribution in [2.75, 3.05) is 40.3 Å². The van der Waals surface area contributed by atoms with Crippen LogP contribution in [0.15, 0.2) is 134 Å². The molecule has 2 N–H and O–H groups in total. The number of hydrogen-bond donors (Lipinski definition) is 2. The van der Waals surface area contributed by atoms with Crippen molar-refractivity contribution in [2.24, 2.45) is 0 Å². The molecule has 2 aliphatic rings. The third-order valence-corrected chi connectivity index (χ3v) is 12.5. The fraction of sp³-hybridized carbons (Fsp3) is 0.240. The van der Waals surface area contributed by atoms with Crippen molar-refractivity contribution in [3.8, 4) is 44.8 Å². The van der Waals surface area contributed by atoms with Crippen LogP contribution in [-0.4, -0.2) is 103 Å².